The second-order valence-electron chi connectivity index (χ2n) is 5.67. The van der Waals surface area contributed by atoms with Crippen LogP contribution in [0.4, 0.5) is 0 Å². The van der Waals surface area contributed by atoms with Crippen molar-refractivity contribution >= 4 is 12.0 Å². The number of para-hydroxylation sites is 2. The summed E-state index contributed by atoms with van der Waals surface area (Å²) in [7, 11) is 0. The molecule has 24 heavy (non-hydrogen) atoms. The third-order valence-corrected chi connectivity index (χ3v) is 4.10. The van der Waals surface area contributed by atoms with Gasteiger partial charge in [0.2, 0.25) is 6.10 Å². The van der Waals surface area contributed by atoms with Crippen molar-refractivity contribution in [2.24, 2.45) is 0 Å². The van der Waals surface area contributed by atoms with Crippen LogP contribution in [-0.4, -0.2) is 25.2 Å². The van der Waals surface area contributed by atoms with Crippen molar-refractivity contribution in [2.75, 3.05) is 13.2 Å². The fourth-order valence-electron chi connectivity index (χ4n) is 2.85. The molecule has 5 nitrogen and oxygen atoms in total. The molecule has 0 aromatic heterocycles. The summed E-state index contributed by atoms with van der Waals surface area (Å²) in [6, 6.07) is 15.3. The number of benzene rings is 2. The number of hydrogen-bond acceptors (Lipinski definition) is 4. The smallest absolute Gasteiger partial charge is 0.264 e. The quantitative estimate of drug-likeness (QED) is 0.943. The second kappa shape index (κ2) is 6.28. The Hall–Kier alpha value is -2.95. The van der Waals surface area contributed by atoms with E-state index in [0.29, 0.717) is 18.0 Å². The summed E-state index contributed by atoms with van der Waals surface area (Å²) < 4.78 is 16.9. The monoisotopic (exact) mass is 323 g/mol. The van der Waals surface area contributed by atoms with Crippen molar-refractivity contribution in [3.63, 3.8) is 0 Å². The van der Waals surface area contributed by atoms with Gasteiger partial charge in [-0.05, 0) is 23.8 Å². The van der Waals surface area contributed by atoms with Gasteiger partial charge in [0.15, 0.2) is 11.5 Å². The molecule has 0 bridgehead atoms. The maximum Gasteiger partial charge on any atom is 0.264 e. The SMILES string of the molecule is O=C(NCC1OC=Cc2ccccc21)C1COc2ccccc2O1. The summed E-state index contributed by atoms with van der Waals surface area (Å²) in [6.45, 7) is 0.576. The molecule has 5 heteroatoms. The third kappa shape index (κ3) is 2.80. The molecule has 122 valence electrons. The van der Waals surface area contributed by atoms with Gasteiger partial charge in [-0.25, -0.2) is 0 Å². The predicted molar refractivity (Wildman–Crippen MR) is 88.7 cm³/mol. The van der Waals surface area contributed by atoms with E-state index in [1.807, 2.05) is 48.5 Å². The molecule has 2 aromatic carbocycles. The van der Waals surface area contributed by atoms with Gasteiger partial charge in [0, 0.05) is 5.56 Å². The normalized spacial score (nSPS) is 20.7. The predicted octanol–water partition coefficient (Wildman–Crippen LogP) is 2.68. The Morgan fingerprint density at radius 2 is 1.88 bits per heavy atom. The van der Waals surface area contributed by atoms with Crippen LogP contribution >= 0.6 is 0 Å². The summed E-state index contributed by atoms with van der Waals surface area (Å²) in [4.78, 5) is 12.4. The Morgan fingerprint density at radius 3 is 2.79 bits per heavy atom. The molecule has 2 unspecified atom stereocenters. The van der Waals surface area contributed by atoms with Gasteiger partial charge >= 0.3 is 0 Å². The van der Waals surface area contributed by atoms with Crippen LogP contribution in [0.2, 0.25) is 0 Å². The van der Waals surface area contributed by atoms with E-state index < -0.39 is 6.10 Å². The van der Waals surface area contributed by atoms with Gasteiger partial charge in [-0.1, -0.05) is 36.4 Å². The van der Waals surface area contributed by atoms with Crippen LogP contribution in [0.25, 0.3) is 6.08 Å². The molecule has 0 aliphatic carbocycles. The largest absolute Gasteiger partial charge is 0.491 e. The Kier molecular flexibility index (Phi) is 3.83. The van der Waals surface area contributed by atoms with Crippen molar-refractivity contribution in [3.05, 3.63) is 65.9 Å². The Labute approximate surface area is 139 Å². The number of carbonyl (C=O) groups is 1. The van der Waals surface area contributed by atoms with Gasteiger partial charge in [0.25, 0.3) is 5.91 Å². The topological polar surface area (TPSA) is 56.8 Å². The zero-order valence-corrected chi connectivity index (χ0v) is 13.0. The zero-order valence-electron chi connectivity index (χ0n) is 13.0. The highest BCUT2D eigenvalue weighted by Crippen LogP contribution is 2.31. The molecule has 2 aliphatic heterocycles. The Bertz CT molecular complexity index is 786. The van der Waals surface area contributed by atoms with Gasteiger partial charge < -0.3 is 19.5 Å². The number of amides is 1. The summed E-state index contributed by atoms with van der Waals surface area (Å²) in [6.07, 6.45) is 2.72. The number of hydrogen-bond donors (Lipinski definition) is 1. The standard InChI is InChI=1S/C19H17NO4/c21-19(18-12-23-15-7-3-4-8-16(15)24-18)20-11-17-14-6-2-1-5-13(14)9-10-22-17/h1-10,17-18H,11-12H2,(H,20,21). The number of carbonyl (C=O) groups excluding carboxylic acids is 1. The minimum absolute atomic E-state index is 0.199. The van der Waals surface area contributed by atoms with Crippen LogP contribution in [0.15, 0.2) is 54.8 Å². The molecule has 0 fully saturated rings. The number of nitrogens with one attached hydrogen (secondary N) is 1. The van der Waals surface area contributed by atoms with Crippen molar-refractivity contribution in [1.29, 1.82) is 0 Å². The molecule has 1 N–H and O–H groups in total. The first kappa shape index (κ1) is 14.6. The zero-order chi connectivity index (χ0) is 16.4. The van der Waals surface area contributed by atoms with Crippen LogP contribution in [0, 0.1) is 0 Å². The van der Waals surface area contributed by atoms with Crippen molar-refractivity contribution in [1.82, 2.24) is 5.32 Å². The summed E-state index contributed by atoms with van der Waals surface area (Å²) in [5.41, 5.74) is 2.17. The minimum atomic E-state index is -0.658. The van der Waals surface area contributed by atoms with E-state index in [0.717, 1.165) is 11.1 Å². The number of ether oxygens (including phenoxy) is 3. The Morgan fingerprint density at radius 1 is 1.08 bits per heavy atom. The summed E-state index contributed by atoms with van der Waals surface area (Å²) in [5, 5.41) is 2.89. The van der Waals surface area contributed by atoms with Crippen LogP contribution in [0.5, 0.6) is 11.5 Å². The molecule has 2 aromatic rings. The third-order valence-electron chi connectivity index (χ3n) is 4.10. The molecule has 2 heterocycles. The van der Waals surface area contributed by atoms with E-state index in [2.05, 4.69) is 5.32 Å². The number of rotatable bonds is 3. The molecule has 0 radical (unpaired) electrons. The maximum absolute atomic E-state index is 12.4. The first-order valence-electron chi connectivity index (χ1n) is 7.88. The van der Waals surface area contributed by atoms with Crippen molar-refractivity contribution in [3.8, 4) is 11.5 Å². The average molecular weight is 323 g/mol. The minimum Gasteiger partial charge on any atom is -0.491 e. The highest BCUT2D eigenvalue weighted by molar-refractivity contribution is 5.81. The van der Waals surface area contributed by atoms with Gasteiger partial charge in [0.1, 0.15) is 12.7 Å². The summed E-state index contributed by atoms with van der Waals surface area (Å²) >= 11 is 0. The average Bonchev–Trinajstić information content (AvgIpc) is 2.65. The molecule has 4 rings (SSSR count). The van der Waals surface area contributed by atoms with E-state index >= 15 is 0 Å². The highest BCUT2D eigenvalue weighted by Gasteiger charge is 2.28. The molecular formula is C19H17NO4. The van der Waals surface area contributed by atoms with Gasteiger partial charge in [0.05, 0.1) is 12.8 Å². The van der Waals surface area contributed by atoms with E-state index in [1.165, 1.54) is 0 Å². The lowest BCUT2D eigenvalue weighted by Gasteiger charge is -2.27. The molecule has 1 amide bonds. The van der Waals surface area contributed by atoms with Crippen LogP contribution in [0.1, 0.15) is 17.2 Å². The molecule has 0 spiro atoms. The molecule has 0 saturated carbocycles. The molecule has 2 aliphatic rings. The first-order valence-corrected chi connectivity index (χ1v) is 7.88. The fraction of sp³-hybridized carbons (Fsp3) is 0.211. The lowest BCUT2D eigenvalue weighted by Crippen LogP contribution is -2.45. The van der Waals surface area contributed by atoms with E-state index in [1.54, 1.807) is 12.3 Å². The van der Waals surface area contributed by atoms with E-state index in [9.17, 15) is 4.79 Å². The van der Waals surface area contributed by atoms with Crippen LogP contribution in [-0.2, 0) is 9.53 Å². The van der Waals surface area contributed by atoms with Crippen molar-refractivity contribution < 1.29 is 19.0 Å². The lowest BCUT2D eigenvalue weighted by molar-refractivity contribution is -0.130. The Balaban J connectivity index is 1.39. The maximum atomic E-state index is 12.4. The van der Waals surface area contributed by atoms with E-state index in [4.69, 9.17) is 14.2 Å². The molecular weight excluding hydrogens is 306 g/mol. The van der Waals surface area contributed by atoms with E-state index in [-0.39, 0.29) is 18.6 Å². The van der Waals surface area contributed by atoms with Crippen molar-refractivity contribution in [2.45, 2.75) is 12.2 Å². The van der Waals surface area contributed by atoms with Gasteiger partial charge in [-0.15, -0.1) is 0 Å². The summed E-state index contributed by atoms with van der Waals surface area (Å²) in [5.74, 6) is 1.04. The van der Waals surface area contributed by atoms with Crippen LogP contribution < -0.4 is 14.8 Å². The fourth-order valence-corrected chi connectivity index (χ4v) is 2.85. The number of fused-ring (bicyclic) bond motifs is 2. The second-order valence-corrected chi connectivity index (χ2v) is 5.67. The van der Waals surface area contributed by atoms with Gasteiger partial charge in [-0.3, -0.25) is 4.79 Å². The molecule has 0 saturated heterocycles. The van der Waals surface area contributed by atoms with Crippen LogP contribution in [0.3, 0.4) is 0 Å². The first-order chi connectivity index (χ1) is 11.8. The lowest BCUT2D eigenvalue weighted by atomic mass is 10.0. The highest BCUT2D eigenvalue weighted by atomic mass is 16.6. The molecule has 2 atom stereocenters. The van der Waals surface area contributed by atoms with Gasteiger partial charge in [-0.2, -0.15) is 0 Å².